The first-order chi connectivity index (χ1) is 12.7. The summed E-state index contributed by atoms with van der Waals surface area (Å²) in [6.07, 6.45) is 10.1. The third-order valence-corrected chi connectivity index (χ3v) is 4.49. The Morgan fingerprint density at radius 2 is 1.77 bits per heavy atom. The van der Waals surface area contributed by atoms with Gasteiger partial charge >= 0.3 is 0 Å². The quantitative estimate of drug-likeness (QED) is 0.366. The van der Waals surface area contributed by atoms with Crippen molar-refractivity contribution in [3.05, 3.63) is 35.4 Å². The zero-order valence-electron chi connectivity index (χ0n) is 16.4. The standard InChI is InChI=1S/C21H31NO4/c1-5-6-12-24-18-14-16(2)21(17(3)15-18)26-20-10-8-7-9-19(20)25-13-11-22-23-4/h5-6,11,14-15,19-20H,7-10,12-13H2,1-4H3/b6-5+,22-11?. The van der Waals surface area contributed by atoms with Gasteiger partial charge in [0.15, 0.2) is 0 Å². The highest BCUT2D eigenvalue weighted by Gasteiger charge is 2.28. The first-order valence-electron chi connectivity index (χ1n) is 9.34. The second-order valence-electron chi connectivity index (χ2n) is 6.55. The van der Waals surface area contributed by atoms with Crippen LogP contribution in [0.25, 0.3) is 0 Å². The lowest BCUT2D eigenvalue weighted by molar-refractivity contribution is -0.0333. The minimum Gasteiger partial charge on any atom is -0.490 e. The van der Waals surface area contributed by atoms with E-state index < -0.39 is 0 Å². The Hall–Kier alpha value is -2.01. The number of hydrogen-bond acceptors (Lipinski definition) is 5. The van der Waals surface area contributed by atoms with Gasteiger partial charge in [-0.2, -0.15) is 0 Å². The number of rotatable bonds is 9. The van der Waals surface area contributed by atoms with Crippen molar-refractivity contribution in [1.82, 2.24) is 0 Å². The number of nitrogens with zero attached hydrogens (tertiary/aromatic N) is 1. The zero-order valence-corrected chi connectivity index (χ0v) is 16.4. The van der Waals surface area contributed by atoms with Crippen LogP contribution in [-0.4, -0.2) is 38.7 Å². The number of ether oxygens (including phenoxy) is 3. The molecule has 2 unspecified atom stereocenters. The van der Waals surface area contributed by atoms with E-state index in [1.807, 2.05) is 31.2 Å². The number of allylic oxidation sites excluding steroid dienone is 1. The average molecular weight is 361 g/mol. The predicted octanol–water partition coefficient (Wildman–Crippen LogP) is 4.60. The van der Waals surface area contributed by atoms with Gasteiger partial charge in [-0.15, -0.1) is 0 Å². The molecular weight excluding hydrogens is 330 g/mol. The lowest BCUT2D eigenvalue weighted by Gasteiger charge is -2.32. The second-order valence-corrected chi connectivity index (χ2v) is 6.55. The molecule has 0 bridgehead atoms. The molecule has 1 fully saturated rings. The summed E-state index contributed by atoms with van der Waals surface area (Å²) in [5.74, 6) is 1.81. The molecule has 144 valence electrons. The van der Waals surface area contributed by atoms with Gasteiger partial charge < -0.3 is 19.0 Å². The molecule has 0 aromatic heterocycles. The van der Waals surface area contributed by atoms with Crippen LogP contribution in [0.4, 0.5) is 0 Å². The van der Waals surface area contributed by atoms with Gasteiger partial charge in [-0.1, -0.05) is 23.7 Å². The minimum atomic E-state index is 0.0619. The molecule has 26 heavy (non-hydrogen) atoms. The Bertz CT molecular complexity index is 589. The summed E-state index contributed by atoms with van der Waals surface area (Å²) in [5, 5.41) is 3.72. The third-order valence-electron chi connectivity index (χ3n) is 4.49. The summed E-state index contributed by atoms with van der Waals surface area (Å²) in [7, 11) is 1.53. The predicted molar refractivity (Wildman–Crippen MR) is 104 cm³/mol. The van der Waals surface area contributed by atoms with Crippen molar-refractivity contribution in [3.63, 3.8) is 0 Å². The van der Waals surface area contributed by atoms with E-state index in [-0.39, 0.29) is 12.2 Å². The van der Waals surface area contributed by atoms with E-state index >= 15 is 0 Å². The van der Waals surface area contributed by atoms with Crippen LogP contribution in [0.15, 0.2) is 29.4 Å². The number of aryl methyl sites for hydroxylation is 2. The van der Waals surface area contributed by atoms with E-state index in [9.17, 15) is 0 Å². The van der Waals surface area contributed by atoms with Gasteiger partial charge in [-0.25, -0.2) is 0 Å². The van der Waals surface area contributed by atoms with Crippen LogP contribution in [-0.2, 0) is 9.57 Å². The first-order valence-corrected chi connectivity index (χ1v) is 9.34. The maximum absolute atomic E-state index is 6.40. The summed E-state index contributed by atoms with van der Waals surface area (Å²) < 4.78 is 18.1. The molecule has 0 saturated heterocycles. The van der Waals surface area contributed by atoms with Crippen LogP contribution in [0.5, 0.6) is 11.5 Å². The largest absolute Gasteiger partial charge is 0.490 e. The molecule has 5 heteroatoms. The van der Waals surface area contributed by atoms with E-state index in [0.717, 1.165) is 35.5 Å². The van der Waals surface area contributed by atoms with Gasteiger partial charge in [-0.05, 0) is 63.3 Å². The van der Waals surface area contributed by atoms with Crippen molar-refractivity contribution in [2.24, 2.45) is 5.16 Å². The summed E-state index contributed by atoms with van der Waals surface area (Å²) >= 11 is 0. The molecule has 0 N–H and O–H groups in total. The topological polar surface area (TPSA) is 49.3 Å². The van der Waals surface area contributed by atoms with Crippen LogP contribution in [0, 0.1) is 13.8 Å². The number of hydrogen-bond donors (Lipinski definition) is 0. The monoisotopic (exact) mass is 361 g/mol. The lowest BCUT2D eigenvalue weighted by Crippen LogP contribution is -2.37. The van der Waals surface area contributed by atoms with Crippen LogP contribution < -0.4 is 9.47 Å². The summed E-state index contributed by atoms with van der Waals surface area (Å²) in [4.78, 5) is 4.67. The van der Waals surface area contributed by atoms with Gasteiger partial charge in [0, 0.05) is 0 Å². The summed E-state index contributed by atoms with van der Waals surface area (Å²) in [5.41, 5.74) is 2.18. The summed E-state index contributed by atoms with van der Waals surface area (Å²) in [6.45, 7) is 7.13. The SMILES string of the molecule is C/C=C/COc1cc(C)c(OC2CCCCC2OCC=NOC)c(C)c1. The lowest BCUT2D eigenvalue weighted by atomic mass is 9.94. The van der Waals surface area contributed by atoms with Crippen molar-refractivity contribution in [2.75, 3.05) is 20.3 Å². The molecule has 2 rings (SSSR count). The van der Waals surface area contributed by atoms with Crippen LogP contribution in [0.1, 0.15) is 43.7 Å². The van der Waals surface area contributed by atoms with Crippen molar-refractivity contribution in [1.29, 1.82) is 0 Å². The maximum atomic E-state index is 6.40. The molecular formula is C21H31NO4. The van der Waals surface area contributed by atoms with Crippen molar-refractivity contribution in [3.8, 4) is 11.5 Å². The number of oxime groups is 1. The zero-order chi connectivity index (χ0) is 18.8. The van der Waals surface area contributed by atoms with E-state index in [1.165, 1.54) is 20.0 Å². The maximum Gasteiger partial charge on any atom is 0.125 e. The van der Waals surface area contributed by atoms with E-state index in [4.69, 9.17) is 14.2 Å². The Morgan fingerprint density at radius 1 is 1.08 bits per heavy atom. The highest BCUT2D eigenvalue weighted by Crippen LogP contribution is 2.32. The fraction of sp³-hybridized carbons (Fsp3) is 0.571. The Labute approximate surface area is 157 Å². The van der Waals surface area contributed by atoms with Gasteiger partial charge in [0.05, 0.1) is 18.9 Å². The van der Waals surface area contributed by atoms with E-state index in [0.29, 0.717) is 13.2 Å². The van der Waals surface area contributed by atoms with Crippen molar-refractivity contribution < 1.29 is 19.0 Å². The molecule has 1 aromatic rings. The molecule has 5 nitrogen and oxygen atoms in total. The normalized spacial score (nSPS) is 20.6. The van der Waals surface area contributed by atoms with E-state index in [1.54, 1.807) is 6.21 Å². The molecule has 1 aliphatic carbocycles. The van der Waals surface area contributed by atoms with E-state index in [2.05, 4.69) is 23.8 Å². The van der Waals surface area contributed by atoms with Gasteiger partial charge in [0.1, 0.15) is 31.3 Å². The molecule has 2 atom stereocenters. The second kappa shape index (κ2) is 10.9. The smallest absolute Gasteiger partial charge is 0.125 e. The number of benzene rings is 1. The third kappa shape index (κ3) is 6.06. The fourth-order valence-corrected chi connectivity index (χ4v) is 3.23. The minimum absolute atomic E-state index is 0.0619. The Kier molecular flexibility index (Phi) is 8.48. The summed E-state index contributed by atoms with van der Waals surface area (Å²) in [6, 6.07) is 4.07. The molecule has 0 aliphatic heterocycles. The Morgan fingerprint density at radius 3 is 2.42 bits per heavy atom. The molecule has 1 saturated carbocycles. The van der Waals surface area contributed by atoms with Crippen LogP contribution in [0.3, 0.4) is 0 Å². The van der Waals surface area contributed by atoms with Crippen LogP contribution >= 0.6 is 0 Å². The van der Waals surface area contributed by atoms with Crippen molar-refractivity contribution >= 4 is 6.21 Å². The molecule has 1 aliphatic rings. The fourth-order valence-electron chi connectivity index (χ4n) is 3.23. The molecule has 0 spiro atoms. The molecule has 1 aromatic carbocycles. The molecule has 0 radical (unpaired) electrons. The van der Waals surface area contributed by atoms with Gasteiger partial charge in [-0.3, -0.25) is 0 Å². The highest BCUT2D eigenvalue weighted by molar-refractivity contribution is 5.57. The highest BCUT2D eigenvalue weighted by atomic mass is 16.6. The van der Waals surface area contributed by atoms with Gasteiger partial charge in [0.25, 0.3) is 0 Å². The molecule has 0 amide bonds. The first kappa shape index (κ1) is 20.3. The average Bonchev–Trinajstić information content (AvgIpc) is 2.63. The molecule has 0 heterocycles. The van der Waals surface area contributed by atoms with Crippen molar-refractivity contribution in [2.45, 2.75) is 58.7 Å². The van der Waals surface area contributed by atoms with Crippen LogP contribution in [0.2, 0.25) is 0 Å². The van der Waals surface area contributed by atoms with Gasteiger partial charge in [0.2, 0.25) is 0 Å². The Balaban J connectivity index is 2.03.